The molecule has 0 spiro atoms. The van der Waals surface area contributed by atoms with Crippen LogP contribution in [-0.2, 0) is 6.42 Å². The third kappa shape index (κ3) is 3.95. The zero-order chi connectivity index (χ0) is 15.1. The van der Waals surface area contributed by atoms with Gasteiger partial charge in [-0.15, -0.1) is 0 Å². The molecule has 1 heterocycles. The number of ether oxygens (including phenoxy) is 2. The maximum atomic E-state index is 11.9. The predicted molar refractivity (Wildman–Crippen MR) is 79.8 cm³/mol. The van der Waals surface area contributed by atoms with Crippen LogP contribution >= 0.6 is 0 Å². The Morgan fingerprint density at radius 1 is 1.19 bits per heavy atom. The first-order chi connectivity index (χ1) is 10.2. The molecule has 1 N–H and O–H groups in total. The van der Waals surface area contributed by atoms with E-state index < -0.39 is 0 Å². The zero-order valence-electron chi connectivity index (χ0n) is 12.1. The second kappa shape index (κ2) is 7.28. The van der Waals surface area contributed by atoms with Gasteiger partial charge in [-0.3, -0.25) is 9.78 Å². The molecular formula is C16H18N2O3. The maximum absolute atomic E-state index is 11.9. The zero-order valence-corrected chi connectivity index (χ0v) is 12.1. The minimum atomic E-state index is -0.122. The van der Waals surface area contributed by atoms with E-state index in [1.54, 1.807) is 38.7 Å². The molecule has 21 heavy (non-hydrogen) atoms. The fraction of sp³-hybridized carbons (Fsp3) is 0.250. The molecule has 110 valence electrons. The highest BCUT2D eigenvalue weighted by Gasteiger charge is 2.06. The van der Waals surface area contributed by atoms with Gasteiger partial charge in [0.05, 0.1) is 19.8 Å². The fourth-order valence-corrected chi connectivity index (χ4v) is 1.96. The van der Waals surface area contributed by atoms with Gasteiger partial charge in [-0.1, -0.05) is 6.07 Å². The second-order valence-electron chi connectivity index (χ2n) is 4.44. The van der Waals surface area contributed by atoms with Crippen molar-refractivity contribution in [2.24, 2.45) is 0 Å². The van der Waals surface area contributed by atoms with Crippen molar-refractivity contribution in [2.75, 3.05) is 20.8 Å². The molecule has 5 heteroatoms. The minimum absolute atomic E-state index is 0.122. The average molecular weight is 286 g/mol. The number of nitrogens with zero attached hydrogens (tertiary/aromatic N) is 1. The van der Waals surface area contributed by atoms with E-state index in [4.69, 9.17) is 9.47 Å². The normalized spacial score (nSPS) is 10.0. The molecule has 0 bridgehead atoms. The molecule has 0 aliphatic heterocycles. The van der Waals surface area contributed by atoms with Crippen molar-refractivity contribution in [3.63, 3.8) is 0 Å². The Labute approximate surface area is 123 Å². The molecule has 1 aromatic carbocycles. The summed E-state index contributed by atoms with van der Waals surface area (Å²) >= 11 is 0. The van der Waals surface area contributed by atoms with Gasteiger partial charge in [0, 0.05) is 18.9 Å². The van der Waals surface area contributed by atoms with Crippen molar-refractivity contribution in [1.82, 2.24) is 10.3 Å². The van der Waals surface area contributed by atoms with Crippen molar-refractivity contribution in [1.29, 1.82) is 0 Å². The molecule has 2 aromatic rings. The summed E-state index contributed by atoms with van der Waals surface area (Å²) in [6.07, 6.45) is 3.90. The first-order valence-corrected chi connectivity index (χ1v) is 6.63. The summed E-state index contributed by atoms with van der Waals surface area (Å²) in [5.74, 6) is 1.26. The molecule has 1 aromatic heterocycles. The Morgan fingerprint density at radius 2 is 2.00 bits per heavy atom. The summed E-state index contributed by atoms with van der Waals surface area (Å²) in [4.78, 5) is 15.8. The maximum Gasteiger partial charge on any atom is 0.252 e. The molecule has 1 amide bonds. The Kier molecular flexibility index (Phi) is 5.15. The summed E-state index contributed by atoms with van der Waals surface area (Å²) in [7, 11) is 3.21. The number of benzene rings is 1. The van der Waals surface area contributed by atoms with Crippen LogP contribution in [0.3, 0.4) is 0 Å². The van der Waals surface area contributed by atoms with E-state index in [0.29, 0.717) is 30.0 Å². The van der Waals surface area contributed by atoms with Gasteiger partial charge in [0.15, 0.2) is 11.5 Å². The second-order valence-corrected chi connectivity index (χ2v) is 4.44. The highest BCUT2D eigenvalue weighted by Crippen LogP contribution is 2.27. The van der Waals surface area contributed by atoms with Crippen LogP contribution in [-0.4, -0.2) is 31.7 Å². The van der Waals surface area contributed by atoms with Gasteiger partial charge in [-0.25, -0.2) is 0 Å². The lowest BCUT2D eigenvalue weighted by Crippen LogP contribution is -2.25. The van der Waals surface area contributed by atoms with Gasteiger partial charge >= 0.3 is 0 Å². The topological polar surface area (TPSA) is 60.5 Å². The molecule has 0 fully saturated rings. The van der Waals surface area contributed by atoms with E-state index in [1.165, 1.54) is 0 Å². The van der Waals surface area contributed by atoms with E-state index in [-0.39, 0.29) is 5.91 Å². The SMILES string of the molecule is COc1ccc(CCNC(=O)c2cccnc2)cc1OC. The number of hydrogen-bond acceptors (Lipinski definition) is 4. The van der Waals surface area contributed by atoms with Crippen molar-refractivity contribution < 1.29 is 14.3 Å². The van der Waals surface area contributed by atoms with Crippen molar-refractivity contribution >= 4 is 5.91 Å². The number of hydrogen-bond donors (Lipinski definition) is 1. The van der Waals surface area contributed by atoms with Crippen LogP contribution in [0, 0.1) is 0 Å². The number of rotatable bonds is 6. The first kappa shape index (κ1) is 14.8. The van der Waals surface area contributed by atoms with Crippen LogP contribution in [0.4, 0.5) is 0 Å². The number of nitrogens with one attached hydrogen (secondary N) is 1. The van der Waals surface area contributed by atoms with Gasteiger partial charge in [0.25, 0.3) is 5.91 Å². The quantitative estimate of drug-likeness (QED) is 0.883. The van der Waals surface area contributed by atoms with Crippen molar-refractivity contribution in [3.05, 3.63) is 53.9 Å². The summed E-state index contributed by atoms with van der Waals surface area (Å²) in [6, 6.07) is 9.20. The van der Waals surface area contributed by atoms with Crippen LogP contribution in [0.1, 0.15) is 15.9 Å². The van der Waals surface area contributed by atoms with Crippen LogP contribution in [0.25, 0.3) is 0 Å². The summed E-state index contributed by atoms with van der Waals surface area (Å²) < 4.78 is 10.4. The van der Waals surface area contributed by atoms with Gasteiger partial charge in [0.1, 0.15) is 0 Å². The monoisotopic (exact) mass is 286 g/mol. The highest BCUT2D eigenvalue weighted by molar-refractivity contribution is 5.93. The third-order valence-electron chi connectivity index (χ3n) is 3.07. The van der Waals surface area contributed by atoms with Gasteiger partial charge in [-0.2, -0.15) is 0 Å². The summed E-state index contributed by atoms with van der Waals surface area (Å²) in [5.41, 5.74) is 1.63. The Hall–Kier alpha value is -2.56. The Balaban J connectivity index is 1.90. The Morgan fingerprint density at radius 3 is 2.67 bits per heavy atom. The van der Waals surface area contributed by atoms with Gasteiger partial charge in [0.2, 0.25) is 0 Å². The van der Waals surface area contributed by atoms with Crippen molar-refractivity contribution in [2.45, 2.75) is 6.42 Å². The molecule has 0 saturated carbocycles. The van der Waals surface area contributed by atoms with Crippen LogP contribution in [0.5, 0.6) is 11.5 Å². The number of carbonyl (C=O) groups is 1. The van der Waals surface area contributed by atoms with Crippen LogP contribution < -0.4 is 14.8 Å². The molecule has 0 saturated heterocycles. The van der Waals surface area contributed by atoms with Crippen molar-refractivity contribution in [3.8, 4) is 11.5 Å². The lowest BCUT2D eigenvalue weighted by Gasteiger charge is -2.10. The van der Waals surface area contributed by atoms with Gasteiger partial charge < -0.3 is 14.8 Å². The van der Waals surface area contributed by atoms with E-state index in [9.17, 15) is 4.79 Å². The number of pyridine rings is 1. The minimum Gasteiger partial charge on any atom is -0.493 e. The summed E-state index contributed by atoms with van der Waals surface area (Å²) in [6.45, 7) is 0.545. The standard InChI is InChI=1S/C16H18N2O3/c1-20-14-6-5-12(10-15(14)21-2)7-9-18-16(19)13-4-3-8-17-11-13/h3-6,8,10-11H,7,9H2,1-2H3,(H,18,19). The number of amides is 1. The largest absolute Gasteiger partial charge is 0.493 e. The molecule has 0 aliphatic rings. The predicted octanol–water partition coefficient (Wildman–Crippen LogP) is 2.07. The lowest BCUT2D eigenvalue weighted by molar-refractivity contribution is 0.0954. The van der Waals surface area contributed by atoms with E-state index in [1.807, 2.05) is 18.2 Å². The van der Waals surface area contributed by atoms with E-state index in [2.05, 4.69) is 10.3 Å². The smallest absolute Gasteiger partial charge is 0.252 e. The molecule has 0 radical (unpaired) electrons. The Bertz CT molecular complexity index is 600. The first-order valence-electron chi connectivity index (χ1n) is 6.63. The molecule has 5 nitrogen and oxygen atoms in total. The highest BCUT2D eigenvalue weighted by atomic mass is 16.5. The van der Waals surface area contributed by atoms with E-state index in [0.717, 1.165) is 5.56 Å². The fourth-order valence-electron chi connectivity index (χ4n) is 1.96. The third-order valence-corrected chi connectivity index (χ3v) is 3.07. The molecule has 0 atom stereocenters. The molecular weight excluding hydrogens is 268 g/mol. The molecule has 0 unspecified atom stereocenters. The molecule has 2 rings (SSSR count). The number of methoxy groups -OCH3 is 2. The number of carbonyl (C=O) groups excluding carboxylic acids is 1. The average Bonchev–Trinajstić information content (AvgIpc) is 2.55. The van der Waals surface area contributed by atoms with Crippen LogP contribution in [0.2, 0.25) is 0 Å². The van der Waals surface area contributed by atoms with E-state index >= 15 is 0 Å². The van der Waals surface area contributed by atoms with Gasteiger partial charge in [-0.05, 0) is 36.2 Å². The lowest BCUT2D eigenvalue weighted by atomic mass is 10.1. The van der Waals surface area contributed by atoms with Crippen LogP contribution in [0.15, 0.2) is 42.7 Å². The summed E-state index contributed by atoms with van der Waals surface area (Å²) in [5, 5.41) is 2.86. The number of aromatic nitrogens is 1. The molecule has 0 aliphatic carbocycles.